The number of benzene rings is 3. The largest absolute Gasteiger partial charge is 0.497 e. The lowest BCUT2D eigenvalue weighted by Crippen LogP contribution is -2.17. The number of hydrogen-bond donors (Lipinski definition) is 2. The van der Waals surface area contributed by atoms with Crippen molar-refractivity contribution >= 4 is 23.1 Å². The van der Waals surface area contributed by atoms with E-state index in [1.165, 1.54) is 14.2 Å². The van der Waals surface area contributed by atoms with Gasteiger partial charge < -0.3 is 25.3 Å². The fraction of sp³-hybridized carbons (Fsp3) is 0.130. The Morgan fingerprint density at radius 3 is 2.10 bits per heavy atom. The van der Waals surface area contributed by atoms with Crippen LogP contribution in [-0.4, -0.2) is 33.0 Å². The summed E-state index contributed by atoms with van der Waals surface area (Å²) in [7, 11) is 4.54. The van der Waals surface area contributed by atoms with Gasteiger partial charge in [-0.2, -0.15) is 0 Å². The zero-order valence-corrected chi connectivity index (χ0v) is 16.9. The number of methoxy groups -OCH3 is 3. The van der Waals surface area contributed by atoms with Crippen molar-refractivity contribution in [1.29, 1.82) is 0 Å². The summed E-state index contributed by atoms with van der Waals surface area (Å²) < 4.78 is 15.6. The van der Waals surface area contributed by atoms with Crippen molar-refractivity contribution < 1.29 is 23.8 Å². The van der Waals surface area contributed by atoms with Crippen molar-refractivity contribution in [1.82, 2.24) is 0 Å². The Kier molecular flexibility index (Phi) is 6.22. The second-order valence-electron chi connectivity index (χ2n) is 6.35. The molecule has 0 aliphatic heterocycles. The van der Waals surface area contributed by atoms with Gasteiger partial charge in [-0.25, -0.2) is 0 Å². The van der Waals surface area contributed by atoms with E-state index in [9.17, 15) is 9.59 Å². The Hall–Kier alpha value is -4.00. The number of rotatable bonds is 7. The number of nitrogens with two attached hydrogens (primary N) is 1. The molecule has 0 heterocycles. The number of carbonyl (C=O) groups excluding carboxylic acids is 2. The second-order valence-corrected chi connectivity index (χ2v) is 6.35. The molecule has 0 aromatic heterocycles. The Morgan fingerprint density at radius 1 is 0.800 bits per heavy atom. The first kappa shape index (κ1) is 20.7. The van der Waals surface area contributed by atoms with Crippen molar-refractivity contribution in [3.63, 3.8) is 0 Å². The van der Waals surface area contributed by atoms with E-state index in [-0.39, 0.29) is 22.7 Å². The lowest BCUT2D eigenvalue weighted by Gasteiger charge is -2.15. The van der Waals surface area contributed by atoms with Gasteiger partial charge in [-0.3, -0.25) is 9.59 Å². The molecule has 3 N–H and O–H groups in total. The zero-order chi connectivity index (χ0) is 21.7. The van der Waals surface area contributed by atoms with E-state index in [0.29, 0.717) is 28.4 Å². The van der Waals surface area contributed by atoms with E-state index in [1.807, 2.05) is 0 Å². The number of hydrogen-bond acceptors (Lipinski definition) is 6. The maximum atomic E-state index is 13.3. The van der Waals surface area contributed by atoms with Gasteiger partial charge in [0.25, 0.3) is 5.91 Å². The standard InChI is InChI=1S/C23H22N2O5/c1-28-15-9-7-14(8-10-15)23(27)25-21-18(5-4-6-19(21)24)22(26)17-12-11-16(29-2)13-20(17)30-3/h4-13H,24H2,1-3H3,(H,25,27). The number of para-hydroxylation sites is 1. The average Bonchev–Trinajstić information content (AvgIpc) is 2.79. The van der Waals surface area contributed by atoms with Gasteiger partial charge in [-0.05, 0) is 48.5 Å². The van der Waals surface area contributed by atoms with Crippen LogP contribution in [0.1, 0.15) is 26.3 Å². The number of nitrogens with one attached hydrogen (secondary N) is 1. The third kappa shape index (κ3) is 4.20. The molecule has 3 aromatic carbocycles. The Labute approximate surface area is 174 Å². The van der Waals surface area contributed by atoms with Crippen molar-refractivity contribution in [2.24, 2.45) is 0 Å². The molecule has 0 aliphatic rings. The maximum absolute atomic E-state index is 13.3. The molecule has 1 amide bonds. The summed E-state index contributed by atoms with van der Waals surface area (Å²) in [5.41, 5.74) is 7.57. The minimum absolute atomic E-state index is 0.237. The smallest absolute Gasteiger partial charge is 0.255 e. The van der Waals surface area contributed by atoms with Crippen LogP contribution < -0.4 is 25.3 Å². The molecule has 3 rings (SSSR count). The number of carbonyl (C=O) groups is 2. The zero-order valence-electron chi connectivity index (χ0n) is 16.9. The lowest BCUT2D eigenvalue weighted by molar-refractivity contribution is 0.102. The fourth-order valence-corrected chi connectivity index (χ4v) is 2.96. The van der Waals surface area contributed by atoms with Crippen LogP contribution in [0.2, 0.25) is 0 Å². The van der Waals surface area contributed by atoms with Crippen molar-refractivity contribution in [3.8, 4) is 17.2 Å². The third-order valence-electron chi connectivity index (χ3n) is 4.59. The van der Waals surface area contributed by atoms with Gasteiger partial charge in [0.1, 0.15) is 17.2 Å². The monoisotopic (exact) mass is 406 g/mol. The number of nitrogen functional groups attached to an aromatic ring is 1. The predicted octanol–water partition coefficient (Wildman–Crippen LogP) is 3.78. The molecule has 0 fully saturated rings. The molecule has 154 valence electrons. The van der Waals surface area contributed by atoms with E-state index in [2.05, 4.69) is 5.32 Å². The van der Waals surface area contributed by atoms with E-state index >= 15 is 0 Å². The highest BCUT2D eigenvalue weighted by molar-refractivity contribution is 6.18. The van der Waals surface area contributed by atoms with Crippen molar-refractivity contribution in [2.45, 2.75) is 0 Å². The molecule has 0 radical (unpaired) electrons. The van der Waals surface area contributed by atoms with Crippen LogP contribution in [0.5, 0.6) is 17.2 Å². The van der Waals surface area contributed by atoms with Crippen molar-refractivity contribution in [2.75, 3.05) is 32.4 Å². The molecule has 0 bridgehead atoms. The molecular formula is C23H22N2O5. The highest BCUT2D eigenvalue weighted by atomic mass is 16.5. The average molecular weight is 406 g/mol. The molecule has 7 heteroatoms. The van der Waals surface area contributed by atoms with Crippen LogP contribution in [0.25, 0.3) is 0 Å². The second kappa shape index (κ2) is 9.00. The number of anilines is 2. The predicted molar refractivity (Wildman–Crippen MR) is 115 cm³/mol. The SMILES string of the molecule is COc1ccc(C(=O)Nc2c(N)cccc2C(=O)c2ccc(OC)cc2OC)cc1. The summed E-state index contributed by atoms with van der Waals surface area (Å²) >= 11 is 0. The number of ether oxygens (including phenoxy) is 3. The van der Waals surface area contributed by atoms with Gasteiger partial charge in [-0.15, -0.1) is 0 Å². The van der Waals surface area contributed by atoms with Crippen LogP contribution in [0.3, 0.4) is 0 Å². The van der Waals surface area contributed by atoms with Gasteiger partial charge in [0.05, 0.1) is 38.3 Å². The number of ketones is 1. The summed E-state index contributed by atoms with van der Waals surface area (Å²) in [4.78, 5) is 26.0. The van der Waals surface area contributed by atoms with Crippen LogP contribution in [-0.2, 0) is 0 Å². The summed E-state index contributed by atoms with van der Waals surface area (Å²) in [6.07, 6.45) is 0. The summed E-state index contributed by atoms with van der Waals surface area (Å²) in [5, 5.41) is 2.75. The van der Waals surface area contributed by atoms with Gasteiger partial charge in [0, 0.05) is 17.2 Å². The topological polar surface area (TPSA) is 99.9 Å². The Morgan fingerprint density at radius 2 is 1.47 bits per heavy atom. The minimum atomic E-state index is -0.397. The van der Waals surface area contributed by atoms with E-state index in [4.69, 9.17) is 19.9 Å². The highest BCUT2D eigenvalue weighted by Crippen LogP contribution is 2.31. The Bertz CT molecular complexity index is 1080. The highest BCUT2D eigenvalue weighted by Gasteiger charge is 2.21. The first-order valence-corrected chi connectivity index (χ1v) is 9.09. The molecule has 3 aromatic rings. The molecule has 30 heavy (non-hydrogen) atoms. The summed E-state index contributed by atoms with van der Waals surface area (Å²) in [6.45, 7) is 0. The molecule has 0 atom stereocenters. The van der Waals surface area contributed by atoms with Gasteiger partial charge in [-0.1, -0.05) is 6.07 Å². The summed E-state index contributed by atoms with van der Waals surface area (Å²) in [5.74, 6) is 0.810. The van der Waals surface area contributed by atoms with Crippen LogP contribution in [0.15, 0.2) is 60.7 Å². The normalized spacial score (nSPS) is 10.2. The lowest BCUT2D eigenvalue weighted by atomic mass is 9.99. The molecule has 0 saturated heterocycles. The van der Waals surface area contributed by atoms with E-state index in [0.717, 1.165) is 0 Å². The first-order chi connectivity index (χ1) is 14.5. The first-order valence-electron chi connectivity index (χ1n) is 9.09. The van der Waals surface area contributed by atoms with Crippen LogP contribution in [0, 0.1) is 0 Å². The summed E-state index contributed by atoms with van der Waals surface area (Å²) in [6, 6.07) is 16.4. The quantitative estimate of drug-likeness (QED) is 0.458. The molecular weight excluding hydrogens is 384 g/mol. The molecule has 0 aliphatic carbocycles. The van der Waals surface area contributed by atoms with E-state index in [1.54, 1.807) is 67.8 Å². The van der Waals surface area contributed by atoms with E-state index < -0.39 is 5.91 Å². The Balaban J connectivity index is 1.96. The molecule has 0 saturated carbocycles. The fourth-order valence-electron chi connectivity index (χ4n) is 2.96. The third-order valence-corrected chi connectivity index (χ3v) is 4.59. The number of amides is 1. The molecule has 0 spiro atoms. The van der Waals surface area contributed by atoms with Crippen LogP contribution >= 0.6 is 0 Å². The van der Waals surface area contributed by atoms with Gasteiger partial charge in [0.2, 0.25) is 0 Å². The minimum Gasteiger partial charge on any atom is -0.497 e. The molecule has 0 unspecified atom stereocenters. The maximum Gasteiger partial charge on any atom is 0.255 e. The molecule has 7 nitrogen and oxygen atoms in total. The van der Waals surface area contributed by atoms with Crippen molar-refractivity contribution in [3.05, 3.63) is 77.4 Å². The van der Waals surface area contributed by atoms with Gasteiger partial charge >= 0.3 is 0 Å². The van der Waals surface area contributed by atoms with Crippen LogP contribution in [0.4, 0.5) is 11.4 Å². The van der Waals surface area contributed by atoms with Gasteiger partial charge in [0.15, 0.2) is 5.78 Å².